The number of para-hydroxylation sites is 3. The minimum atomic E-state index is 0.672. The zero-order valence-corrected chi connectivity index (χ0v) is 22.7. The van der Waals surface area contributed by atoms with Crippen molar-refractivity contribution in [2.45, 2.75) is 32.6 Å². The molecular weight excluding hydrogens is 488 g/mol. The van der Waals surface area contributed by atoms with Gasteiger partial charge >= 0.3 is 0 Å². The van der Waals surface area contributed by atoms with Crippen molar-refractivity contribution in [3.8, 4) is 22.6 Å². The van der Waals surface area contributed by atoms with E-state index in [1.54, 1.807) is 0 Å². The quantitative estimate of drug-likeness (QED) is 0.178. The van der Waals surface area contributed by atoms with Crippen LogP contribution >= 0.6 is 0 Å². The minimum absolute atomic E-state index is 0.672. The monoisotopic (exact) mass is 520 g/mol. The van der Waals surface area contributed by atoms with Crippen LogP contribution in [0.15, 0.2) is 128 Å². The number of rotatable bonds is 9. The molecule has 0 radical (unpaired) electrons. The number of pyridine rings is 1. The largest absolute Gasteiger partial charge is 0.294 e. The normalized spacial score (nSPS) is 11.0. The number of aryl methyl sites for hydroxylation is 1. The Morgan fingerprint density at radius 1 is 0.625 bits per heavy atom. The van der Waals surface area contributed by atoms with Gasteiger partial charge in [-0.25, -0.2) is 9.97 Å². The van der Waals surface area contributed by atoms with Gasteiger partial charge in [0.1, 0.15) is 5.82 Å². The molecule has 0 bridgehead atoms. The lowest BCUT2D eigenvalue weighted by Gasteiger charge is -2.25. The van der Waals surface area contributed by atoms with Crippen molar-refractivity contribution in [1.29, 1.82) is 0 Å². The van der Waals surface area contributed by atoms with Gasteiger partial charge in [0, 0.05) is 34.1 Å². The van der Waals surface area contributed by atoms with Gasteiger partial charge in [0.2, 0.25) is 0 Å². The molecule has 0 atom stereocenters. The first-order valence-electron chi connectivity index (χ1n) is 14.0. The van der Waals surface area contributed by atoms with E-state index in [-0.39, 0.29) is 0 Å². The van der Waals surface area contributed by atoms with Gasteiger partial charge in [0.25, 0.3) is 0 Å². The third-order valence-electron chi connectivity index (χ3n) is 7.16. The molecule has 6 aromatic rings. The first-order valence-corrected chi connectivity index (χ1v) is 14.0. The molecule has 196 valence electrons. The SMILES string of the molecule is CCCCCc1ccc(-c2cc(-c3nc(N(c4ccccc4)c4ccccc4)c4ccccc4n3)ccn2)cc1. The molecule has 40 heavy (non-hydrogen) atoms. The standard InChI is InChI=1S/C36H32N4/c1-2-3-6-13-27-20-22-28(23-21-27)34-26-29(24-25-37-34)35-38-33-19-12-11-18-32(33)36(39-35)40(30-14-7-4-8-15-30)31-16-9-5-10-17-31/h4-5,7-12,14-26H,2-3,6,13H2,1H3. The highest BCUT2D eigenvalue weighted by Gasteiger charge is 2.19. The molecule has 0 fully saturated rings. The van der Waals surface area contributed by atoms with Gasteiger partial charge in [-0.2, -0.15) is 0 Å². The van der Waals surface area contributed by atoms with Crippen LogP contribution in [0.25, 0.3) is 33.5 Å². The van der Waals surface area contributed by atoms with Gasteiger partial charge in [0.15, 0.2) is 5.82 Å². The fourth-order valence-corrected chi connectivity index (χ4v) is 5.06. The lowest BCUT2D eigenvalue weighted by atomic mass is 10.0. The zero-order chi connectivity index (χ0) is 27.1. The van der Waals surface area contributed by atoms with Crippen molar-refractivity contribution in [3.05, 3.63) is 133 Å². The van der Waals surface area contributed by atoms with E-state index in [9.17, 15) is 0 Å². The van der Waals surface area contributed by atoms with E-state index in [1.807, 2.05) is 36.5 Å². The van der Waals surface area contributed by atoms with E-state index in [0.717, 1.165) is 51.3 Å². The molecule has 0 amide bonds. The molecule has 0 aliphatic heterocycles. The Kier molecular flexibility index (Phi) is 7.58. The smallest absolute Gasteiger partial charge is 0.162 e. The molecule has 4 nitrogen and oxygen atoms in total. The molecule has 0 aliphatic rings. The fraction of sp³-hybridized carbons (Fsp3) is 0.139. The Morgan fingerprint density at radius 2 is 1.30 bits per heavy atom. The van der Waals surface area contributed by atoms with Crippen molar-refractivity contribution in [2.24, 2.45) is 0 Å². The van der Waals surface area contributed by atoms with Crippen molar-refractivity contribution in [1.82, 2.24) is 15.0 Å². The summed E-state index contributed by atoms with van der Waals surface area (Å²) in [6.45, 7) is 2.24. The van der Waals surface area contributed by atoms with Gasteiger partial charge in [-0.1, -0.05) is 92.6 Å². The zero-order valence-electron chi connectivity index (χ0n) is 22.7. The van der Waals surface area contributed by atoms with E-state index in [2.05, 4.69) is 108 Å². The second-order valence-electron chi connectivity index (χ2n) is 9.98. The molecule has 0 saturated heterocycles. The molecule has 0 spiro atoms. The minimum Gasteiger partial charge on any atom is -0.294 e. The fourth-order valence-electron chi connectivity index (χ4n) is 5.06. The molecule has 4 aromatic carbocycles. The molecule has 2 aromatic heterocycles. The molecule has 0 aliphatic carbocycles. The third kappa shape index (κ3) is 5.48. The van der Waals surface area contributed by atoms with Gasteiger partial charge in [-0.05, 0) is 66.9 Å². The lowest BCUT2D eigenvalue weighted by molar-refractivity contribution is 0.717. The molecule has 6 rings (SSSR count). The van der Waals surface area contributed by atoms with Gasteiger partial charge in [0.05, 0.1) is 11.2 Å². The van der Waals surface area contributed by atoms with Crippen LogP contribution < -0.4 is 4.90 Å². The summed E-state index contributed by atoms with van der Waals surface area (Å²) in [6, 6.07) is 41.8. The predicted octanol–water partition coefficient (Wildman–Crippen LogP) is 9.56. The van der Waals surface area contributed by atoms with Crippen LogP contribution in [0.3, 0.4) is 0 Å². The van der Waals surface area contributed by atoms with Crippen LogP contribution in [0.5, 0.6) is 0 Å². The number of benzene rings is 4. The maximum absolute atomic E-state index is 5.20. The summed E-state index contributed by atoms with van der Waals surface area (Å²) in [5, 5.41) is 0.992. The Hall–Kier alpha value is -4.83. The number of fused-ring (bicyclic) bond motifs is 1. The first kappa shape index (κ1) is 25.4. The average molecular weight is 521 g/mol. The molecule has 0 unspecified atom stereocenters. The van der Waals surface area contributed by atoms with Crippen LogP contribution in [0, 0.1) is 0 Å². The van der Waals surface area contributed by atoms with Gasteiger partial charge in [-0.3, -0.25) is 9.88 Å². The summed E-state index contributed by atoms with van der Waals surface area (Å²) in [4.78, 5) is 17.1. The van der Waals surface area contributed by atoms with E-state index >= 15 is 0 Å². The third-order valence-corrected chi connectivity index (χ3v) is 7.16. The molecule has 2 heterocycles. The number of unbranched alkanes of at least 4 members (excludes halogenated alkanes) is 2. The highest BCUT2D eigenvalue weighted by Crippen LogP contribution is 2.38. The van der Waals surface area contributed by atoms with Crippen LogP contribution in [-0.4, -0.2) is 15.0 Å². The topological polar surface area (TPSA) is 41.9 Å². The second-order valence-corrected chi connectivity index (χ2v) is 9.98. The summed E-state index contributed by atoms with van der Waals surface area (Å²) < 4.78 is 0. The summed E-state index contributed by atoms with van der Waals surface area (Å²) in [5.41, 5.74) is 7.30. The number of hydrogen-bond donors (Lipinski definition) is 0. The summed E-state index contributed by atoms with van der Waals surface area (Å²) in [6.07, 6.45) is 6.71. The van der Waals surface area contributed by atoms with Crippen molar-refractivity contribution < 1.29 is 0 Å². The molecule has 4 heteroatoms. The number of aromatic nitrogens is 3. The summed E-state index contributed by atoms with van der Waals surface area (Å²) in [5.74, 6) is 1.51. The first-order chi connectivity index (χ1) is 19.8. The van der Waals surface area contributed by atoms with E-state index in [0.29, 0.717) is 5.82 Å². The van der Waals surface area contributed by atoms with Gasteiger partial charge in [-0.15, -0.1) is 0 Å². The van der Waals surface area contributed by atoms with E-state index < -0.39 is 0 Å². The molecule has 0 saturated carbocycles. The predicted molar refractivity (Wildman–Crippen MR) is 166 cm³/mol. The summed E-state index contributed by atoms with van der Waals surface area (Å²) >= 11 is 0. The van der Waals surface area contributed by atoms with Crippen LogP contribution in [0.1, 0.15) is 31.7 Å². The second kappa shape index (κ2) is 11.9. The highest BCUT2D eigenvalue weighted by atomic mass is 15.2. The number of hydrogen-bond acceptors (Lipinski definition) is 4. The number of anilines is 3. The summed E-state index contributed by atoms with van der Waals surface area (Å²) in [7, 11) is 0. The van der Waals surface area contributed by atoms with Crippen molar-refractivity contribution in [3.63, 3.8) is 0 Å². The molecular formula is C36H32N4. The van der Waals surface area contributed by atoms with E-state index in [4.69, 9.17) is 9.97 Å². The van der Waals surface area contributed by atoms with Crippen molar-refractivity contribution in [2.75, 3.05) is 4.90 Å². The Bertz CT molecular complexity index is 1660. The maximum atomic E-state index is 5.20. The van der Waals surface area contributed by atoms with Crippen molar-refractivity contribution >= 4 is 28.1 Å². The van der Waals surface area contributed by atoms with Crippen LogP contribution in [0.4, 0.5) is 17.2 Å². The maximum Gasteiger partial charge on any atom is 0.162 e. The Morgan fingerprint density at radius 3 is 2.00 bits per heavy atom. The number of nitrogens with zero attached hydrogens (tertiary/aromatic N) is 4. The van der Waals surface area contributed by atoms with Crippen LogP contribution in [0.2, 0.25) is 0 Å². The Balaban J connectivity index is 1.44. The average Bonchev–Trinajstić information content (AvgIpc) is 3.03. The Labute approximate surface area is 236 Å². The van der Waals surface area contributed by atoms with E-state index in [1.165, 1.54) is 24.8 Å². The van der Waals surface area contributed by atoms with Crippen LogP contribution in [-0.2, 0) is 6.42 Å². The lowest BCUT2D eigenvalue weighted by Crippen LogP contribution is -2.13. The highest BCUT2D eigenvalue weighted by molar-refractivity contribution is 5.96. The van der Waals surface area contributed by atoms with Gasteiger partial charge < -0.3 is 0 Å². The molecule has 0 N–H and O–H groups in total.